The molecule has 1 N–H and O–H groups in total. The number of carboxylic acids is 1. The first-order chi connectivity index (χ1) is 14.9. The number of ether oxygens (including phenoxy) is 2. The number of hydrogen-bond acceptors (Lipinski definition) is 6. The largest absolute Gasteiger partial charge is 0.481 e. The molecule has 0 saturated carbocycles. The Kier molecular flexibility index (Phi) is 6.13. The van der Waals surface area contributed by atoms with Gasteiger partial charge in [0.1, 0.15) is 11.5 Å². The van der Waals surface area contributed by atoms with E-state index in [1.165, 1.54) is 17.0 Å². The summed E-state index contributed by atoms with van der Waals surface area (Å²) in [7, 11) is -3.77. The zero-order chi connectivity index (χ0) is 21.9. The van der Waals surface area contributed by atoms with Crippen LogP contribution in [-0.4, -0.2) is 38.5 Å². The van der Waals surface area contributed by atoms with Crippen LogP contribution < -0.4 is 4.74 Å². The van der Waals surface area contributed by atoms with Crippen molar-refractivity contribution >= 4 is 27.1 Å². The van der Waals surface area contributed by atoms with Crippen LogP contribution in [0, 0.1) is 5.41 Å². The van der Waals surface area contributed by atoms with E-state index in [2.05, 4.69) is 6.07 Å². The summed E-state index contributed by atoms with van der Waals surface area (Å²) in [6.45, 7) is 0.500. The lowest BCUT2D eigenvalue weighted by atomic mass is 9.82. The van der Waals surface area contributed by atoms with Crippen LogP contribution in [-0.2, 0) is 19.4 Å². The smallest absolute Gasteiger partial charge is 0.310 e. The highest BCUT2D eigenvalue weighted by atomic mass is 32.2. The standard InChI is InChI=1S/C23H22O6S2/c24-22(25)23(11-13-28-14-12-23)16-31(26,27)20-9-7-19(8-10-20)29-18-5-3-17(4-6-18)21-2-1-15-30-21/h1-10,15H,11-14,16H2,(H,24,25). The van der Waals surface area contributed by atoms with E-state index in [4.69, 9.17) is 9.47 Å². The van der Waals surface area contributed by atoms with E-state index in [9.17, 15) is 18.3 Å². The zero-order valence-electron chi connectivity index (χ0n) is 16.7. The van der Waals surface area contributed by atoms with Crippen molar-refractivity contribution in [3.63, 3.8) is 0 Å². The number of benzene rings is 2. The van der Waals surface area contributed by atoms with Crippen molar-refractivity contribution in [3.05, 3.63) is 66.0 Å². The van der Waals surface area contributed by atoms with Crippen LogP contribution in [0.4, 0.5) is 0 Å². The Morgan fingerprint density at radius 1 is 1.00 bits per heavy atom. The van der Waals surface area contributed by atoms with Gasteiger partial charge in [0.2, 0.25) is 0 Å². The first kappa shape index (κ1) is 21.5. The molecule has 31 heavy (non-hydrogen) atoms. The summed E-state index contributed by atoms with van der Waals surface area (Å²) in [6, 6.07) is 17.8. The van der Waals surface area contributed by atoms with Crippen molar-refractivity contribution in [2.75, 3.05) is 19.0 Å². The van der Waals surface area contributed by atoms with Crippen LogP contribution in [0.1, 0.15) is 12.8 Å². The normalized spacial score (nSPS) is 16.0. The average Bonchev–Trinajstić information content (AvgIpc) is 3.30. The number of sulfone groups is 1. The highest BCUT2D eigenvalue weighted by Gasteiger charge is 2.44. The molecule has 0 unspecified atom stereocenters. The molecular weight excluding hydrogens is 436 g/mol. The lowest BCUT2D eigenvalue weighted by Gasteiger charge is -2.32. The van der Waals surface area contributed by atoms with Gasteiger partial charge >= 0.3 is 5.97 Å². The number of aliphatic carboxylic acids is 1. The van der Waals surface area contributed by atoms with Gasteiger partial charge in [0.05, 0.1) is 16.1 Å². The van der Waals surface area contributed by atoms with E-state index >= 15 is 0 Å². The van der Waals surface area contributed by atoms with Crippen LogP contribution in [0.2, 0.25) is 0 Å². The van der Waals surface area contributed by atoms with E-state index in [0.717, 1.165) is 5.56 Å². The third-order valence-corrected chi connectivity index (χ3v) is 8.29. The Hall–Kier alpha value is -2.68. The Morgan fingerprint density at radius 2 is 1.61 bits per heavy atom. The van der Waals surface area contributed by atoms with E-state index in [-0.39, 0.29) is 31.0 Å². The monoisotopic (exact) mass is 458 g/mol. The van der Waals surface area contributed by atoms with Gasteiger partial charge in [-0.3, -0.25) is 4.79 Å². The summed E-state index contributed by atoms with van der Waals surface area (Å²) in [5.74, 6) is -0.390. The van der Waals surface area contributed by atoms with Gasteiger partial charge in [0, 0.05) is 18.1 Å². The molecule has 162 valence electrons. The Morgan fingerprint density at radius 3 is 2.16 bits per heavy atom. The van der Waals surface area contributed by atoms with Crippen molar-refractivity contribution in [1.29, 1.82) is 0 Å². The minimum Gasteiger partial charge on any atom is -0.481 e. The topological polar surface area (TPSA) is 89.9 Å². The zero-order valence-corrected chi connectivity index (χ0v) is 18.3. The van der Waals surface area contributed by atoms with Gasteiger partial charge in [0.25, 0.3) is 0 Å². The molecule has 4 rings (SSSR count). The third kappa shape index (κ3) is 4.81. The third-order valence-electron chi connectivity index (χ3n) is 5.45. The molecule has 0 aliphatic carbocycles. The number of rotatable bonds is 7. The Balaban J connectivity index is 1.46. The predicted molar refractivity (Wildman–Crippen MR) is 118 cm³/mol. The molecule has 0 atom stereocenters. The van der Waals surface area contributed by atoms with Crippen molar-refractivity contribution in [2.45, 2.75) is 17.7 Å². The molecule has 1 saturated heterocycles. The molecule has 8 heteroatoms. The van der Waals surface area contributed by atoms with Crippen LogP contribution in [0.25, 0.3) is 10.4 Å². The van der Waals surface area contributed by atoms with Gasteiger partial charge < -0.3 is 14.6 Å². The maximum absolute atomic E-state index is 12.9. The van der Waals surface area contributed by atoms with Gasteiger partial charge in [-0.1, -0.05) is 6.07 Å². The number of carbonyl (C=O) groups is 1. The second kappa shape index (κ2) is 8.82. The maximum Gasteiger partial charge on any atom is 0.310 e. The lowest BCUT2D eigenvalue weighted by Crippen LogP contribution is -2.42. The molecule has 2 heterocycles. The van der Waals surface area contributed by atoms with Gasteiger partial charge in [-0.2, -0.15) is 0 Å². The summed E-state index contributed by atoms with van der Waals surface area (Å²) < 4.78 is 36.8. The molecule has 3 aromatic rings. The number of hydrogen-bond donors (Lipinski definition) is 1. The van der Waals surface area contributed by atoms with Crippen molar-refractivity contribution < 1.29 is 27.8 Å². The van der Waals surface area contributed by atoms with Crippen LogP contribution in [0.3, 0.4) is 0 Å². The summed E-state index contributed by atoms with van der Waals surface area (Å²) >= 11 is 1.66. The highest BCUT2D eigenvalue weighted by molar-refractivity contribution is 7.91. The fourth-order valence-corrected chi connectivity index (χ4v) is 6.20. The van der Waals surface area contributed by atoms with Crippen molar-refractivity contribution in [1.82, 2.24) is 0 Å². The lowest BCUT2D eigenvalue weighted by molar-refractivity contribution is -0.152. The van der Waals surface area contributed by atoms with E-state index in [0.29, 0.717) is 11.5 Å². The molecular formula is C23H22O6S2. The molecule has 0 radical (unpaired) electrons. The van der Waals surface area contributed by atoms with E-state index in [1.807, 2.05) is 35.7 Å². The minimum atomic E-state index is -3.77. The second-order valence-electron chi connectivity index (χ2n) is 7.53. The molecule has 6 nitrogen and oxygen atoms in total. The summed E-state index contributed by atoms with van der Waals surface area (Å²) in [5.41, 5.74) is -0.208. The van der Waals surface area contributed by atoms with E-state index in [1.54, 1.807) is 23.5 Å². The first-order valence-corrected chi connectivity index (χ1v) is 12.4. The maximum atomic E-state index is 12.9. The molecule has 0 amide bonds. The Bertz CT molecular complexity index is 1130. The van der Waals surface area contributed by atoms with Crippen LogP contribution >= 0.6 is 11.3 Å². The minimum absolute atomic E-state index is 0.0833. The van der Waals surface area contributed by atoms with Crippen molar-refractivity contribution in [2.24, 2.45) is 5.41 Å². The summed E-state index contributed by atoms with van der Waals surface area (Å²) in [6.07, 6.45) is 0.369. The van der Waals surface area contributed by atoms with Gasteiger partial charge in [-0.15, -0.1) is 11.3 Å². The molecule has 1 aromatic heterocycles. The fraction of sp³-hybridized carbons (Fsp3) is 0.261. The number of thiophene rings is 1. The molecule has 0 spiro atoms. The molecule has 1 aliphatic rings. The van der Waals surface area contributed by atoms with Gasteiger partial charge in [-0.25, -0.2) is 8.42 Å². The predicted octanol–water partition coefficient (Wildman–Crippen LogP) is 4.86. The number of carboxylic acid groups (broad SMARTS) is 1. The molecule has 2 aromatic carbocycles. The molecule has 0 bridgehead atoms. The highest BCUT2D eigenvalue weighted by Crippen LogP contribution is 2.35. The molecule has 1 aliphatic heterocycles. The Labute approximate surface area is 185 Å². The summed E-state index contributed by atoms with van der Waals surface area (Å²) in [4.78, 5) is 13.1. The molecule has 1 fully saturated rings. The second-order valence-corrected chi connectivity index (χ2v) is 10.5. The quantitative estimate of drug-likeness (QED) is 0.544. The van der Waals surface area contributed by atoms with Crippen molar-refractivity contribution in [3.8, 4) is 21.9 Å². The summed E-state index contributed by atoms with van der Waals surface area (Å²) in [5, 5.41) is 11.7. The average molecular weight is 459 g/mol. The van der Waals surface area contributed by atoms with Gasteiger partial charge in [-0.05, 0) is 78.4 Å². The fourth-order valence-electron chi connectivity index (χ4n) is 3.61. The van der Waals surface area contributed by atoms with Crippen LogP contribution in [0.15, 0.2) is 70.9 Å². The first-order valence-electron chi connectivity index (χ1n) is 9.84. The van der Waals surface area contributed by atoms with Gasteiger partial charge in [0.15, 0.2) is 9.84 Å². The van der Waals surface area contributed by atoms with Crippen LogP contribution in [0.5, 0.6) is 11.5 Å². The van der Waals surface area contributed by atoms with E-state index < -0.39 is 27.0 Å². The SMILES string of the molecule is O=C(O)C1(CS(=O)(=O)c2ccc(Oc3ccc(-c4cccs4)cc3)cc2)CCOCC1.